The van der Waals surface area contributed by atoms with Gasteiger partial charge in [-0.05, 0) is 29.3 Å². The smallest absolute Gasteiger partial charge is 0.231 e. The molecule has 21 heavy (non-hydrogen) atoms. The molecule has 2 aromatic rings. The van der Waals surface area contributed by atoms with Crippen LogP contribution in [0.2, 0.25) is 0 Å². The van der Waals surface area contributed by atoms with Crippen molar-refractivity contribution >= 4 is 11.6 Å². The molecule has 2 aliphatic heterocycles. The number of benzene rings is 2. The molecule has 1 amide bonds. The number of anilines is 1. The minimum atomic E-state index is -0.305. The van der Waals surface area contributed by atoms with Crippen LogP contribution in [-0.4, -0.2) is 12.7 Å². The summed E-state index contributed by atoms with van der Waals surface area (Å²) in [5.41, 5.74) is 2.40. The summed E-state index contributed by atoms with van der Waals surface area (Å²) < 4.78 is 24.2. The second kappa shape index (κ2) is 4.48. The van der Waals surface area contributed by atoms with Gasteiger partial charge in [0.2, 0.25) is 12.7 Å². The normalized spacial score (nSPS) is 19.1. The zero-order valence-corrected chi connectivity index (χ0v) is 11.1. The summed E-state index contributed by atoms with van der Waals surface area (Å²) in [4.78, 5) is 11.9. The highest BCUT2D eigenvalue weighted by atomic mass is 19.1. The topological polar surface area (TPSA) is 47.6 Å². The van der Waals surface area contributed by atoms with Crippen molar-refractivity contribution in [3.63, 3.8) is 0 Å². The lowest BCUT2D eigenvalue weighted by molar-refractivity contribution is -0.116. The Morgan fingerprint density at radius 1 is 1.14 bits per heavy atom. The Balaban J connectivity index is 1.85. The van der Waals surface area contributed by atoms with Crippen LogP contribution in [-0.2, 0) is 4.79 Å². The molecule has 0 aromatic heterocycles. The Morgan fingerprint density at radius 2 is 1.95 bits per heavy atom. The van der Waals surface area contributed by atoms with Crippen molar-refractivity contribution in [3.8, 4) is 11.5 Å². The number of fused-ring (bicyclic) bond motifs is 2. The largest absolute Gasteiger partial charge is 0.454 e. The SMILES string of the molecule is O=C1C[C@H](c2cccc(F)c2)c2cc3c(cc2N1)OCO3. The van der Waals surface area contributed by atoms with Crippen molar-refractivity contribution in [2.75, 3.05) is 12.1 Å². The molecule has 0 saturated carbocycles. The van der Waals surface area contributed by atoms with Crippen molar-refractivity contribution in [2.45, 2.75) is 12.3 Å². The molecule has 0 radical (unpaired) electrons. The molecule has 2 aromatic carbocycles. The van der Waals surface area contributed by atoms with Crippen LogP contribution in [0, 0.1) is 5.82 Å². The van der Waals surface area contributed by atoms with E-state index in [1.165, 1.54) is 12.1 Å². The summed E-state index contributed by atoms with van der Waals surface area (Å²) in [6.07, 6.45) is 0.288. The van der Waals surface area contributed by atoms with Gasteiger partial charge in [0.15, 0.2) is 11.5 Å². The molecule has 4 nitrogen and oxygen atoms in total. The average molecular weight is 285 g/mol. The van der Waals surface area contributed by atoms with Gasteiger partial charge < -0.3 is 14.8 Å². The zero-order chi connectivity index (χ0) is 14.4. The summed E-state index contributed by atoms with van der Waals surface area (Å²) in [6.45, 7) is 0.177. The molecule has 0 aliphatic carbocycles. The quantitative estimate of drug-likeness (QED) is 0.876. The molecule has 1 atom stereocenters. The Bertz CT molecular complexity index is 744. The van der Waals surface area contributed by atoms with E-state index in [0.29, 0.717) is 17.2 Å². The van der Waals surface area contributed by atoms with Gasteiger partial charge in [-0.25, -0.2) is 4.39 Å². The highest BCUT2D eigenvalue weighted by Crippen LogP contribution is 2.44. The molecule has 0 spiro atoms. The molecule has 0 unspecified atom stereocenters. The molecule has 0 saturated heterocycles. The third kappa shape index (κ3) is 2.01. The fourth-order valence-electron chi connectivity index (χ4n) is 2.87. The van der Waals surface area contributed by atoms with E-state index >= 15 is 0 Å². The van der Waals surface area contributed by atoms with E-state index < -0.39 is 0 Å². The number of nitrogens with one attached hydrogen (secondary N) is 1. The molecule has 2 heterocycles. The summed E-state index contributed by atoms with van der Waals surface area (Å²) in [5.74, 6) is 0.704. The molecular weight excluding hydrogens is 273 g/mol. The van der Waals surface area contributed by atoms with Crippen molar-refractivity contribution in [2.24, 2.45) is 0 Å². The van der Waals surface area contributed by atoms with Crippen LogP contribution in [0.1, 0.15) is 23.5 Å². The summed E-state index contributed by atoms with van der Waals surface area (Å²) in [7, 11) is 0. The number of carbonyl (C=O) groups excluding carboxylic acids is 1. The van der Waals surface area contributed by atoms with Gasteiger partial charge in [-0.15, -0.1) is 0 Å². The number of hydrogen-bond donors (Lipinski definition) is 1. The molecule has 2 aliphatic rings. The van der Waals surface area contributed by atoms with Crippen molar-refractivity contribution < 1.29 is 18.7 Å². The maximum atomic E-state index is 13.5. The van der Waals surface area contributed by atoms with Crippen LogP contribution in [0.5, 0.6) is 11.5 Å². The summed E-state index contributed by atoms with van der Waals surface area (Å²) >= 11 is 0. The van der Waals surface area contributed by atoms with Gasteiger partial charge in [0, 0.05) is 24.1 Å². The first kappa shape index (κ1) is 12.2. The number of amides is 1. The fourth-order valence-corrected chi connectivity index (χ4v) is 2.87. The average Bonchev–Trinajstić information content (AvgIpc) is 2.91. The Labute approximate surface area is 120 Å². The monoisotopic (exact) mass is 285 g/mol. The van der Waals surface area contributed by atoms with Gasteiger partial charge in [-0.1, -0.05) is 12.1 Å². The molecule has 0 fully saturated rings. The van der Waals surface area contributed by atoms with E-state index in [2.05, 4.69) is 5.32 Å². The molecule has 106 valence electrons. The standard InChI is InChI=1S/C16H12FNO3/c17-10-3-1-2-9(4-10)11-6-16(19)18-13-7-15-14(5-12(11)13)20-8-21-15/h1-5,7,11H,6,8H2,(H,18,19)/t11-/m1/s1. The third-order valence-electron chi connectivity index (χ3n) is 3.83. The Morgan fingerprint density at radius 3 is 2.76 bits per heavy atom. The minimum absolute atomic E-state index is 0.0874. The maximum Gasteiger partial charge on any atom is 0.231 e. The lowest BCUT2D eigenvalue weighted by atomic mass is 9.84. The van der Waals surface area contributed by atoms with Gasteiger partial charge >= 0.3 is 0 Å². The fraction of sp³-hybridized carbons (Fsp3) is 0.188. The van der Waals surface area contributed by atoms with Gasteiger partial charge in [-0.2, -0.15) is 0 Å². The molecule has 1 N–H and O–H groups in total. The van der Waals surface area contributed by atoms with Crippen molar-refractivity contribution in [3.05, 3.63) is 53.3 Å². The first-order valence-corrected chi connectivity index (χ1v) is 6.69. The van der Waals surface area contributed by atoms with Crippen LogP contribution >= 0.6 is 0 Å². The highest BCUT2D eigenvalue weighted by molar-refractivity contribution is 5.96. The van der Waals surface area contributed by atoms with Crippen LogP contribution in [0.4, 0.5) is 10.1 Å². The van der Waals surface area contributed by atoms with E-state index in [4.69, 9.17) is 9.47 Å². The van der Waals surface area contributed by atoms with E-state index in [0.717, 1.165) is 11.1 Å². The van der Waals surface area contributed by atoms with E-state index in [9.17, 15) is 9.18 Å². The van der Waals surface area contributed by atoms with Crippen LogP contribution in [0.25, 0.3) is 0 Å². The van der Waals surface area contributed by atoms with Crippen LogP contribution in [0.3, 0.4) is 0 Å². The highest BCUT2D eigenvalue weighted by Gasteiger charge is 2.29. The van der Waals surface area contributed by atoms with Crippen LogP contribution in [0.15, 0.2) is 36.4 Å². The molecule has 0 bridgehead atoms. The number of halogens is 1. The first-order valence-electron chi connectivity index (χ1n) is 6.69. The van der Waals surface area contributed by atoms with Gasteiger partial charge in [0.1, 0.15) is 5.82 Å². The van der Waals surface area contributed by atoms with E-state index in [1.54, 1.807) is 12.1 Å². The third-order valence-corrected chi connectivity index (χ3v) is 3.83. The predicted molar refractivity (Wildman–Crippen MR) is 74.1 cm³/mol. The number of carbonyl (C=O) groups is 1. The zero-order valence-electron chi connectivity index (χ0n) is 11.1. The maximum absolute atomic E-state index is 13.5. The first-order chi connectivity index (χ1) is 10.2. The van der Waals surface area contributed by atoms with Gasteiger partial charge in [0.05, 0.1) is 0 Å². The Kier molecular flexibility index (Phi) is 2.60. The van der Waals surface area contributed by atoms with Crippen molar-refractivity contribution in [1.82, 2.24) is 0 Å². The lowest BCUT2D eigenvalue weighted by Crippen LogP contribution is -2.23. The summed E-state index contributed by atoms with van der Waals surface area (Å²) in [5, 5.41) is 2.84. The molecule has 4 rings (SSSR count). The van der Waals surface area contributed by atoms with Gasteiger partial charge in [-0.3, -0.25) is 4.79 Å². The minimum Gasteiger partial charge on any atom is -0.454 e. The molecule has 5 heteroatoms. The number of ether oxygens (including phenoxy) is 2. The Hall–Kier alpha value is -2.56. The number of hydrogen-bond acceptors (Lipinski definition) is 3. The second-order valence-electron chi connectivity index (χ2n) is 5.15. The molecular formula is C16H12FNO3. The van der Waals surface area contributed by atoms with E-state index in [1.807, 2.05) is 12.1 Å². The van der Waals surface area contributed by atoms with Gasteiger partial charge in [0.25, 0.3) is 0 Å². The van der Waals surface area contributed by atoms with Crippen molar-refractivity contribution in [1.29, 1.82) is 0 Å². The lowest BCUT2D eigenvalue weighted by Gasteiger charge is -2.26. The predicted octanol–water partition coefficient (Wildman–Crippen LogP) is 3.03. The van der Waals surface area contributed by atoms with Crippen LogP contribution < -0.4 is 14.8 Å². The number of rotatable bonds is 1. The van der Waals surface area contributed by atoms with E-state index in [-0.39, 0.29) is 30.9 Å². The second-order valence-corrected chi connectivity index (χ2v) is 5.15. The summed E-state index contributed by atoms with van der Waals surface area (Å²) in [6, 6.07) is 9.99.